The van der Waals surface area contributed by atoms with Crippen LogP contribution in [0.4, 0.5) is 0 Å². The van der Waals surface area contributed by atoms with Crippen LogP contribution in [0.25, 0.3) is 0 Å². The summed E-state index contributed by atoms with van der Waals surface area (Å²) in [5.74, 6) is -0.0991. The molecule has 0 saturated heterocycles. The minimum Gasteiger partial charge on any atom is -0.299 e. The van der Waals surface area contributed by atoms with E-state index in [1.54, 1.807) is 6.92 Å². The lowest BCUT2D eigenvalue weighted by Crippen LogP contribution is -2.12. The van der Waals surface area contributed by atoms with Crippen molar-refractivity contribution >= 4 is 29.0 Å². The largest absolute Gasteiger partial charge is 0.299 e. The summed E-state index contributed by atoms with van der Waals surface area (Å²) in [6.45, 7) is 1.60. The molecule has 1 atom stereocenters. The third-order valence-corrected chi connectivity index (χ3v) is 3.72. The highest BCUT2D eigenvalue weighted by atomic mass is 35.5. The number of benzene rings is 2. The van der Waals surface area contributed by atoms with Gasteiger partial charge in [-0.1, -0.05) is 53.5 Å². The maximum absolute atomic E-state index is 11.9. The van der Waals surface area contributed by atoms with Crippen molar-refractivity contribution in [3.63, 3.8) is 0 Å². The molecule has 2 rings (SSSR count). The van der Waals surface area contributed by atoms with Gasteiger partial charge in [0.1, 0.15) is 5.78 Å². The fourth-order valence-electron chi connectivity index (χ4n) is 2.09. The van der Waals surface area contributed by atoms with Crippen LogP contribution in [0.2, 0.25) is 10.0 Å². The van der Waals surface area contributed by atoms with Crippen molar-refractivity contribution in [2.75, 3.05) is 0 Å². The molecule has 0 radical (unpaired) electrons. The van der Waals surface area contributed by atoms with Crippen molar-refractivity contribution in [2.45, 2.75) is 19.3 Å². The van der Waals surface area contributed by atoms with Crippen LogP contribution in [-0.2, 0) is 11.2 Å². The molecule has 3 heteroatoms. The Bertz CT molecular complexity index is 576. The van der Waals surface area contributed by atoms with E-state index in [1.165, 1.54) is 0 Å². The Kier molecular flexibility index (Phi) is 4.62. The minimum absolute atomic E-state index is 0.114. The molecule has 0 amide bonds. The second-order valence-corrected chi connectivity index (χ2v) is 5.36. The fourth-order valence-corrected chi connectivity index (χ4v) is 2.48. The maximum atomic E-state index is 11.9. The van der Waals surface area contributed by atoms with E-state index in [0.717, 1.165) is 11.1 Å². The van der Waals surface area contributed by atoms with Crippen LogP contribution in [0, 0.1) is 0 Å². The molecule has 0 aliphatic heterocycles. The number of carbonyl (C=O) groups excluding carboxylic acids is 1. The summed E-state index contributed by atoms with van der Waals surface area (Å²) in [6, 6.07) is 15.0. The van der Waals surface area contributed by atoms with E-state index >= 15 is 0 Å². The predicted octanol–water partition coefficient (Wildman–Crippen LogP) is 4.91. The summed E-state index contributed by atoms with van der Waals surface area (Å²) in [6.07, 6.45) is 0.635. The highest BCUT2D eigenvalue weighted by molar-refractivity contribution is 6.31. The highest BCUT2D eigenvalue weighted by Crippen LogP contribution is 2.28. The monoisotopic (exact) mass is 292 g/mol. The van der Waals surface area contributed by atoms with Crippen molar-refractivity contribution in [2.24, 2.45) is 0 Å². The average Bonchev–Trinajstić information content (AvgIpc) is 2.39. The Hall–Kier alpha value is -1.31. The lowest BCUT2D eigenvalue weighted by molar-refractivity contribution is -0.118. The number of rotatable bonds is 4. The Morgan fingerprint density at radius 2 is 1.68 bits per heavy atom. The van der Waals surface area contributed by atoms with Gasteiger partial charge in [-0.3, -0.25) is 4.79 Å². The van der Waals surface area contributed by atoms with Crippen LogP contribution >= 0.6 is 23.2 Å². The number of ketones is 1. The second-order valence-electron chi connectivity index (χ2n) is 4.52. The van der Waals surface area contributed by atoms with Crippen molar-refractivity contribution in [1.29, 1.82) is 0 Å². The topological polar surface area (TPSA) is 17.1 Å². The van der Waals surface area contributed by atoms with Crippen molar-refractivity contribution < 1.29 is 4.79 Å². The van der Waals surface area contributed by atoms with E-state index in [-0.39, 0.29) is 11.7 Å². The molecule has 0 fully saturated rings. The molecule has 0 heterocycles. The first-order chi connectivity index (χ1) is 9.08. The normalized spacial score (nSPS) is 12.2. The first-order valence-corrected chi connectivity index (χ1v) is 6.83. The van der Waals surface area contributed by atoms with Crippen molar-refractivity contribution in [3.05, 3.63) is 69.7 Å². The molecule has 0 aromatic heterocycles. The number of Topliss-reactive ketones (excluding diaryl/α,β-unsaturated/α-hetero) is 1. The molecule has 0 N–H and O–H groups in total. The maximum Gasteiger partial charge on any atom is 0.137 e. The fraction of sp³-hybridized carbons (Fsp3) is 0.188. The quantitative estimate of drug-likeness (QED) is 0.783. The van der Waals surface area contributed by atoms with Gasteiger partial charge in [0.25, 0.3) is 0 Å². The van der Waals surface area contributed by atoms with Gasteiger partial charge in [0.15, 0.2) is 0 Å². The van der Waals surface area contributed by atoms with Crippen LogP contribution in [0.15, 0.2) is 48.5 Å². The van der Waals surface area contributed by atoms with Gasteiger partial charge in [0.05, 0.1) is 0 Å². The van der Waals surface area contributed by atoms with Gasteiger partial charge < -0.3 is 0 Å². The van der Waals surface area contributed by atoms with Crippen molar-refractivity contribution in [3.8, 4) is 0 Å². The lowest BCUT2D eigenvalue weighted by atomic mass is 9.89. The molecular formula is C16H14Cl2O. The Morgan fingerprint density at radius 1 is 1.05 bits per heavy atom. The van der Waals surface area contributed by atoms with Gasteiger partial charge in [-0.15, -0.1) is 0 Å². The van der Waals surface area contributed by atoms with E-state index in [0.29, 0.717) is 16.5 Å². The zero-order valence-electron chi connectivity index (χ0n) is 10.6. The van der Waals surface area contributed by atoms with E-state index in [9.17, 15) is 4.79 Å². The summed E-state index contributed by atoms with van der Waals surface area (Å²) in [5, 5.41) is 1.33. The minimum atomic E-state index is -0.213. The van der Waals surface area contributed by atoms with E-state index in [2.05, 4.69) is 0 Å². The first-order valence-electron chi connectivity index (χ1n) is 6.07. The zero-order valence-corrected chi connectivity index (χ0v) is 12.1. The van der Waals surface area contributed by atoms with Crippen LogP contribution in [0.3, 0.4) is 0 Å². The van der Waals surface area contributed by atoms with Gasteiger partial charge in [0, 0.05) is 16.0 Å². The molecule has 19 heavy (non-hydrogen) atoms. The van der Waals surface area contributed by atoms with Gasteiger partial charge in [0.2, 0.25) is 0 Å². The molecule has 98 valence electrons. The highest BCUT2D eigenvalue weighted by Gasteiger charge is 2.19. The Balaban J connectivity index is 2.29. The first kappa shape index (κ1) is 14.1. The van der Waals surface area contributed by atoms with Gasteiger partial charge >= 0.3 is 0 Å². The third kappa shape index (κ3) is 3.59. The van der Waals surface area contributed by atoms with Crippen molar-refractivity contribution in [1.82, 2.24) is 0 Å². The second kappa shape index (κ2) is 6.23. The number of hydrogen-bond acceptors (Lipinski definition) is 1. The predicted molar refractivity (Wildman–Crippen MR) is 80.0 cm³/mol. The molecule has 2 aromatic rings. The molecule has 0 spiro atoms. The van der Waals surface area contributed by atoms with Crippen LogP contribution in [0.1, 0.15) is 24.0 Å². The van der Waals surface area contributed by atoms with Crippen LogP contribution < -0.4 is 0 Å². The molecule has 1 unspecified atom stereocenters. The molecular weight excluding hydrogens is 279 g/mol. The summed E-state index contributed by atoms with van der Waals surface area (Å²) >= 11 is 12.0. The third-order valence-electron chi connectivity index (χ3n) is 3.12. The van der Waals surface area contributed by atoms with Gasteiger partial charge in [-0.25, -0.2) is 0 Å². The SMILES string of the molecule is CC(=O)C(Cc1ccc(Cl)cc1)c1ccccc1Cl. The number of halogens is 2. The number of hydrogen-bond donors (Lipinski definition) is 0. The van der Waals surface area contributed by atoms with E-state index < -0.39 is 0 Å². The zero-order chi connectivity index (χ0) is 13.8. The summed E-state index contributed by atoms with van der Waals surface area (Å²) < 4.78 is 0. The molecule has 0 aliphatic carbocycles. The Labute approximate surface area is 123 Å². The number of carbonyl (C=O) groups is 1. The van der Waals surface area contributed by atoms with Crippen LogP contribution in [0.5, 0.6) is 0 Å². The van der Waals surface area contributed by atoms with E-state index in [4.69, 9.17) is 23.2 Å². The van der Waals surface area contributed by atoms with Gasteiger partial charge in [-0.2, -0.15) is 0 Å². The smallest absolute Gasteiger partial charge is 0.137 e. The Morgan fingerprint density at radius 3 is 2.26 bits per heavy atom. The van der Waals surface area contributed by atoms with Crippen LogP contribution in [-0.4, -0.2) is 5.78 Å². The standard InChI is InChI=1S/C16H14Cl2O/c1-11(19)15(14-4-2-3-5-16(14)18)10-12-6-8-13(17)9-7-12/h2-9,15H,10H2,1H3. The molecule has 2 aromatic carbocycles. The molecule has 0 saturated carbocycles. The van der Waals surface area contributed by atoms with Gasteiger partial charge in [-0.05, 0) is 42.7 Å². The molecule has 0 bridgehead atoms. The summed E-state index contributed by atoms with van der Waals surface area (Å²) in [7, 11) is 0. The lowest BCUT2D eigenvalue weighted by Gasteiger charge is -2.16. The molecule has 1 nitrogen and oxygen atoms in total. The average molecular weight is 293 g/mol. The summed E-state index contributed by atoms with van der Waals surface area (Å²) in [5.41, 5.74) is 1.95. The molecule has 0 aliphatic rings. The van der Waals surface area contributed by atoms with E-state index in [1.807, 2.05) is 48.5 Å². The summed E-state index contributed by atoms with van der Waals surface area (Å²) in [4.78, 5) is 11.9.